The highest BCUT2D eigenvalue weighted by Gasteiger charge is 2.20. The first kappa shape index (κ1) is 20.0. The zero-order valence-corrected chi connectivity index (χ0v) is 16.8. The number of aromatic nitrogens is 2. The van der Waals surface area contributed by atoms with E-state index < -0.39 is 6.61 Å². The summed E-state index contributed by atoms with van der Waals surface area (Å²) in [5, 5.41) is 7.22. The molecule has 1 N–H and O–H groups in total. The number of ether oxygens (including phenoxy) is 1. The van der Waals surface area contributed by atoms with E-state index >= 15 is 0 Å². The molecule has 0 saturated carbocycles. The van der Waals surface area contributed by atoms with Crippen molar-refractivity contribution in [2.75, 3.05) is 0 Å². The summed E-state index contributed by atoms with van der Waals surface area (Å²) in [6, 6.07) is 13.9. The van der Waals surface area contributed by atoms with Crippen LogP contribution in [0.4, 0.5) is 8.78 Å². The third-order valence-corrected chi connectivity index (χ3v) is 4.75. The lowest BCUT2D eigenvalue weighted by atomic mass is 10.1. The fraction of sp³-hybridized carbons (Fsp3) is 0.200. The van der Waals surface area contributed by atoms with Crippen LogP contribution in [0.25, 0.3) is 5.69 Å². The molecule has 3 aromatic rings. The lowest BCUT2D eigenvalue weighted by Crippen LogP contribution is -2.24. The van der Waals surface area contributed by atoms with Crippen molar-refractivity contribution in [3.05, 3.63) is 75.5 Å². The van der Waals surface area contributed by atoms with Gasteiger partial charge in [-0.3, -0.25) is 4.79 Å². The first-order valence-corrected chi connectivity index (χ1v) is 9.29. The fourth-order valence-corrected chi connectivity index (χ4v) is 3.19. The predicted molar refractivity (Wildman–Crippen MR) is 105 cm³/mol. The predicted octanol–water partition coefficient (Wildman–Crippen LogP) is 4.78. The second-order valence-corrected chi connectivity index (χ2v) is 7.02. The summed E-state index contributed by atoms with van der Waals surface area (Å²) in [5.41, 5.74) is 3.02. The van der Waals surface area contributed by atoms with Crippen LogP contribution in [0.2, 0.25) is 0 Å². The largest absolute Gasteiger partial charge is 0.434 e. The average Bonchev–Trinajstić information content (AvgIpc) is 2.95. The SMILES string of the molecule is Cc1nn(-c2ccc(Br)cc2)c(C)c1C(=O)NCc1ccccc1OC(F)F. The van der Waals surface area contributed by atoms with Gasteiger partial charge in [0.05, 0.1) is 22.6 Å². The number of nitrogens with zero attached hydrogens (tertiary/aromatic N) is 2. The molecule has 28 heavy (non-hydrogen) atoms. The molecular weight excluding hydrogens is 432 g/mol. The van der Waals surface area contributed by atoms with E-state index in [1.807, 2.05) is 31.2 Å². The Balaban J connectivity index is 1.80. The van der Waals surface area contributed by atoms with Gasteiger partial charge in [-0.05, 0) is 44.2 Å². The molecule has 0 radical (unpaired) electrons. The van der Waals surface area contributed by atoms with Crippen LogP contribution < -0.4 is 10.1 Å². The minimum absolute atomic E-state index is 0.0387. The average molecular weight is 450 g/mol. The molecule has 3 rings (SSSR count). The maximum Gasteiger partial charge on any atom is 0.387 e. The maximum absolute atomic E-state index is 12.7. The van der Waals surface area contributed by atoms with Gasteiger partial charge in [-0.25, -0.2) is 4.68 Å². The zero-order valence-electron chi connectivity index (χ0n) is 15.2. The van der Waals surface area contributed by atoms with Gasteiger partial charge in [0.2, 0.25) is 0 Å². The molecule has 146 valence electrons. The molecule has 1 aromatic heterocycles. The first-order chi connectivity index (χ1) is 13.4. The third kappa shape index (κ3) is 4.39. The van der Waals surface area contributed by atoms with Crippen molar-refractivity contribution in [3.63, 3.8) is 0 Å². The number of para-hydroxylation sites is 1. The van der Waals surface area contributed by atoms with Crippen molar-refractivity contribution in [3.8, 4) is 11.4 Å². The Morgan fingerprint density at radius 2 is 1.86 bits per heavy atom. The Kier molecular flexibility index (Phi) is 6.08. The summed E-state index contributed by atoms with van der Waals surface area (Å²) in [4.78, 5) is 12.7. The minimum atomic E-state index is -2.93. The van der Waals surface area contributed by atoms with Gasteiger partial charge < -0.3 is 10.1 Å². The van der Waals surface area contributed by atoms with E-state index in [2.05, 4.69) is 31.1 Å². The van der Waals surface area contributed by atoms with Gasteiger partial charge in [-0.2, -0.15) is 13.9 Å². The molecule has 0 bridgehead atoms. The van der Waals surface area contributed by atoms with Crippen molar-refractivity contribution in [1.29, 1.82) is 0 Å². The number of hydrogen-bond donors (Lipinski definition) is 1. The van der Waals surface area contributed by atoms with Gasteiger partial charge in [0.15, 0.2) is 0 Å². The summed E-state index contributed by atoms with van der Waals surface area (Å²) < 4.78 is 32.2. The third-order valence-electron chi connectivity index (χ3n) is 4.22. The van der Waals surface area contributed by atoms with Crippen LogP contribution >= 0.6 is 15.9 Å². The van der Waals surface area contributed by atoms with Crippen molar-refractivity contribution >= 4 is 21.8 Å². The molecule has 0 aliphatic rings. The van der Waals surface area contributed by atoms with Crippen LogP contribution in [0.1, 0.15) is 27.3 Å². The monoisotopic (exact) mass is 449 g/mol. The maximum atomic E-state index is 12.7. The molecule has 2 aromatic carbocycles. The number of nitrogens with one attached hydrogen (secondary N) is 1. The van der Waals surface area contributed by atoms with Crippen LogP contribution in [-0.4, -0.2) is 22.3 Å². The quantitative estimate of drug-likeness (QED) is 0.588. The van der Waals surface area contributed by atoms with E-state index in [0.29, 0.717) is 22.5 Å². The van der Waals surface area contributed by atoms with E-state index in [0.717, 1.165) is 10.2 Å². The number of benzene rings is 2. The van der Waals surface area contributed by atoms with Gasteiger partial charge in [0, 0.05) is 16.6 Å². The number of hydrogen-bond acceptors (Lipinski definition) is 3. The topological polar surface area (TPSA) is 56.2 Å². The van der Waals surface area contributed by atoms with Crippen LogP contribution in [-0.2, 0) is 6.54 Å². The van der Waals surface area contributed by atoms with Gasteiger partial charge >= 0.3 is 6.61 Å². The fourth-order valence-electron chi connectivity index (χ4n) is 2.93. The Bertz CT molecular complexity index is 988. The number of halogens is 3. The smallest absolute Gasteiger partial charge is 0.387 e. The van der Waals surface area contributed by atoms with Gasteiger partial charge in [0.1, 0.15) is 5.75 Å². The number of amides is 1. The molecule has 0 atom stereocenters. The van der Waals surface area contributed by atoms with Gasteiger partial charge in [-0.15, -0.1) is 0 Å². The van der Waals surface area contributed by atoms with Crippen molar-refractivity contribution in [1.82, 2.24) is 15.1 Å². The number of rotatable bonds is 6. The second kappa shape index (κ2) is 8.52. The minimum Gasteiger partial charge on any atom is -0.434 e. The Labute approximate surface area is 169 Å². The lowest BCUT2D eigenvalue weighted by molar-refractivity contribution is -0.0504. The van der Waals surface area contributed by atoms with Crippen LogP contribution in [0.5, 0.6) is 5.75 Å². The molecular formula is C20H18BrF2N3O2. The zero-order chi connectivity index (χ0) is 20.3. The standard InChI is InChI=1S/C20H18BrF2N3O2/c1-12-18(13(2)26(25-12)16-9-7-15(21)8-10-16)19(27)24-11-14-5-3-4-6-17(14)28-20(22)23/h3-10,20H,11H2,1-2H3,(H,24,27). The Hall–Kier alpha value is -2.74. The molecule has 0 aliphatic heterocycles. The van der Waals surface area contributed by atoms with Crippen LogP contribution in [0.15, 0.2) is 53.0 Å². The van der Waals surface area contributed by atoms with Gasteiger partial charge in [-0.1, -0.05) is 34.1 Å². The van der Waals surface area contributed by atoms with Crippen molar-refractivity contribution in [2.45, 2.75) is 27.0 Å². The summed E-state index contributed by atoms with van der Waals surface area (Å²) in [6.45, 7) is 0.700. The lowest BCUT2D eigenvalue weighted by Gasteiger charge is -2.11. The highest BCUT2D eigenvalue weighted by atomic mass is 79.9. The van der Waals surface area contributed by atoms with Crippen molar-refractivity contribution in [2.24, 2.45) is 0 Å². The highest BCUT2D eigenvalue weighted by Crippen LogP contribution is 2.22. The molecule has 5 nitrogen and oxygen atoms in total. The number of aryl methyl sites for hydroxylation is 1. The normalized spacial score (nSPS) is 10.9. The number of alkyl halides is 2. The summed E-state index contributed by atoms with van der Waals surface area (Å²) in [6.07, 6.45) is 0. The summed E-state index contributed by atoms with van der Waals surface area (Å²) >= 11 is 3.39. The van der Waals surface area contributed by atoms with E-state index in [9.17, 15) is 13.6 Å². The van der Waals surface area contributed by atoms with E-state index in [1.165, 1.54) is 6.07 Å². The summed E-state index contributed by atoms with van der Waals surface area (Å²) in [7, 11) is 0. The van der Waals surface area contributed by atoms with Gasteiger partial charge in [0.25, 0.3) is 5.91 Å². The Morgan fingerprint density at radius 1 is 1.18 bits per heavy atom. The number of carbonyl (C=O) groups excluding carboxylic acids is 1. The Morgan fingerprint density at radius 3 is 2.54 bits per heavy atom. The van der Waals surface area contributed by atoms with Crippen LogP contribution in [0.3, 0.4) is 0 Å². The molecule has 8 heteroatoms. The summed E-state index contributed by atoms with van der Waals surface area (Å²) in [5.74, 6) is -0.290. The molecule has 0 fully saturated rings. The second-order valence-electron chi connectivity index (χ2n) is 6.10. The molecule has 1 heterocycles. The number of carbonyl (C=O) groups is 1. The van der Waals surface area contributed by atoms with E-state index in [4.69, 9.17) is 0 Å². The molecule has 1 amide bonds. The first-order valence-electron chi connectivity index (χ1n) is 8.50. The highest BCUT2D eigenvalue weighted by molar-refractivity contribution is 9.10. The van der Waals surface area contributed by atoms with Crippen LogP contribution in [0, 0.1) is 13.8 Å². The molecule has 0 unspecified atom stereocenters. The van der Waals surface area contributed by atoms with Crippen molar-refractivity contribution < 1.29 is 18.3 Å². The van der Waals surface area contributed by atoms with E-state index in [-0.39, 0.29) is 18.2 Å². The molecule has 0 aliphatic carbocycles. The molecule has 0 spiro atoms. The van der Waals surface area contributed by atoms with E-state index in [1.54, 1.807) is 29.8 Å². The molecule has 0 saturated heterocycles.